The second kappa shape index (κ2) is 6.19. The molecule has 0 aliphatic heterocycles. The molecular formula is C16H19NO3. The van der Waals surface area contributed by atoms with Crippen LogP contribution in [0.2, 0.25) is 0 Å². The van der Waals surface area contributed by atoms with Gasteiger partial charge in [-0.1, -0.05) is 11.6 Å². The van der Waals surface area contributed by atoms with Gasteiger partial charge >= 0.3 is 0 Å². The van der Waals surface area contributed by atoms with E-state index in [1.807, 2.05) is 25.1 Å². The molecule has 0 spiro atoms. The number of rotatable bonds is 5. The third kappa shape index (κ3) is 3.15. The standard InChI is InChI=1S/C16H19NO3/c1-11-4-6-14(18-2)12(8-11)10-20-15-7-5-13(17)9-16(15)19-3/h4-9H,10,17H2,1-3H3. The molecule has 0 atom stereocenters. The average molecular weight is 273 g/mol. The minimum absolute atomic E-state index is 0.408. The average Bonchev–Trinajstić information content (AvgIpc) is 2.46. The normalized spacial score (nSPS) is 10.2. The first-order valence-corrected chi connectivity index (χ1v) is 6.34. The Morgan fingerprint density at radius 2 is 1.60 bits per heavy atom. The first-order valence-electron chi connectivity index (χ1n) is 6.34. The maximum absolute atomic E-state index is 5.81. The van der Waals surface area contributed by atoms with Gasteiger partial charge in [0.15, 0.2) is 11.5 Å². The number of anilines is 1. The third-order valence-electron chi connectivity index (χ3n) is 3.01. The van der Waals surface area contributed by atoms with Crippen molar-refractivity contribution in [3.63, 3.8) is 0 Å². The molecule has 0 unspecified atom stereocenters. The lowest BCUT2D eigenvalue weighted by Crippen LogP contribution is -2.01. The van der Waals surface area contributed by atoms with Gasteiger partial charge in [-0.3, -0.25) is 0 Å². The fraction of sp³-hybridized carbons (Fsp3) is 0.250. The topological polar surface area (TPSA) is 53.7 Å². The Kier molecular flexibility index (Phi) is 4.35. The first kappa shape index (κ1) is 14.1. The zero-order valence-electron chi connectivity index (χ0n) is 12.0. The van der Waals surface area contributed by atoms with Gasteiger partial charge in [-0.15, -0.1) is 0 Å². The van der Waals surface area contributed by atoms with E-state index in [2.05, 4.69) is 0 Å². The summed E-state index contributed by atoms with van der Waals surface area (Å²) in [5, 5.41) is 0. The number of aryl methyl sites for hydroxylation is 1. The third-order valence-corrected chi connectivity index (χ3v) is 3.01. The Labute approximate surface area is 119 Å². The second-order valence-corrected chi connectivity index (χ2v) is 4.51. The summed E-state index contributed by atoms with van der Waals surface area (Å²) in [6.45, 7) is 2.44. The molecule has 0 radical (unpaired) electrons. The van der Waals surface area contributed by atoms with Gasteiger partial charge in [0, 0.05) is 17.3 Å². The van der Waals surface area contributed by atoms with Crippen molar-refractivity contribution in [2.45, 2.75) is 13.5 Å². The van der Waals surface area contributed by atoms with Gasteiger partial charge in [-0.2, -0.15) is 0 Å². The van der Waals surface area contributed by atoms with Crippen molar-refractivity contribution >= 4 is 5.69 Å². The van der Waals surface area contributed by atoms with E-state index in [1.165, 1.54) is 0 Å². The van der Waals surface area contributed by atoms with Crippen molar-refractivity contribution in [1.29, 1.82) is 0 Å². The van der Waals surface area contributed by atoms with Gasteiger partial charge in [0.2, 0.25) is 0 Å². The molecule has 2 aromatic rings. The highest BCUT2D eigenvalue weighted by Gasteiger charge is 2.08. The summed E-state index contributed by atoms with van der Waals surface area (Å²) in [4.78, 5) is 0. The fourth-order valence-electron chi connectivity index (χ4n) is 1.98. The molecule has 0 heterocycles. The van der Waals surface area contributed by atoms with E-state index in [0.29, 0.717) is 23.8 Å². The highest BCUT2D eigenvalue weighted by Crippen LogP contribution is 2.30. The van der Waals surface area contributed by atoms with Gasteiger partial charge in [-0.05, 0) is 31.2 Å². The first-order chi connectivity index (χ1) is 9.63. The van der Waals surface area contributed by atoms with Crippen LogP contribution in [-0.2, 0) is 6.61 Å². The molecule has 0 bridgehead atoms. The Morgan fingerprint density at radius 1 is 0.900 bits per heavy atom. The van der Waals surface area contributed by atoms with Crippen LogP contribution in [0.15, 0.2) is 36.4 Å². The predicted octanol–water partition coefficient (Wildman–Crippen LogP) is 3.17. The van der Waals surface area contributed by atoms with Crippen LogP contribution in [0.1, 0.15) is 11.1 Å². The molecule has 2 rings (SSSR count). The number of nitrogens with two attached hydrogens (primary N) is 1. The minimum Gasteiger partial charge on any atom is -0.496 e. The zero-order valence-corrected chi connectivity index (χ0v) is 12.0. The quantitative estimate of drug-likeness (QED) is 0.850. The lowest BCUT2D eigenvalue weighted by Gasteiger charge is -2.13. The maximum Gasteiger partial charge on any atom is 0.162 e. The van der Waals surface area contributed by atoms with Crippen LogP contribution in [0.3, 0.4) is 0 Å². The van der Waals surface area contributed by atoms with Crippen LogP contribution in [-0.4, -0.2) is 14.2 Å². The summed E-state index contributed by atoms with van der Waals surface area (Å²) in [6.07, 6.45) is 0. The van der Waals surface area contributed by atoms with Gasteiger partial charge in [0.05, 0.1) is 14.2 Å². The maximum atomic E-state index is 5.81. The smallest absolute Gasteiger partial charge is 0.162 e. The van der Waals surface area contributed by atoms with Crippen LogP contribution in [0.5, 0.6) is 17.2 Å². The highest BCUT2D eigenvalue weighted by molar-refractivity contribution is 5.52. The Bertz CT molecular complexity index is 596. The van der Waals surface area contributed by atoms with E-state index < -0.39 is 0 Å². The highest BCUT2D eigenvalue weighted by atomic mass is 16.5. The number of hydrogen-bond donors (Lipinski definition) is 1. The molecule has 20 heavy (non-hydrogen) atoms. The van der Waals surface area contributed by atoms with E-state index in [0.717, 1.165) is 16.9 Å². The number of methoxy groups -OCH3 is 2. The van der Waals surface area contributed by atoms with Crippen molar-refractivity contribution in [2.24, 2.45) is 0 Å². The molecule has 106 valence electrons. The summed E-state index contributed by atoms with van der Waals surface area (Å²) in [5.41, 5.74) is 8.51. The molecule has 2 N–H and O–H groups in total. The summed E-state index contributed by atoms with van der Waals surface area (Å²) in [7, 11) is 3.24. The summed E-state index contributed by atoms with van der Waals surface area (Å²) >= 11 is 0. The van der Waals surface area contributed by atoms with Gasteiger partial charge < -0.3 is 19.9 Å². The van der Waals surface area contributed by atoms with Crippen LogP contribution in [0, 0.1) is 6.92 Å². The van der Waals surface area contributed by atoms with E-state index in [1.54, 1.807) is 32.4 Å². The minimum atomic E-state index is 0.408. The monoisotopic (exact) mass is 273 g/mol. The van der Waals surface area contributed by atoms with E-state index in [9.17, 15) is 0 Å². The van der Waals surface area contributed by atoms with Gasteiger partial charge in [-0.25, -0.2) is 0 Å². The SMILES string of the molecule is COc1ccc(C)cc1COc1ccc(N)cc1OC. The van der Waals surface area contributed by atoms with E-state index in [4.69, 9.17) is 19.9 Å². The molecular weight excluding hydrogens is 254 g/mol. The zero-order chi connectivity index (χ0) is 14.5. The van der Waals surface area contributed by atoms with Crippen molar-refractivity contribution in [3.05, 3.63) is 47.5 Å². The van der Waals surface area contributed by atoms with Crippen molar-refractivity contribution in [1.82, 2.24) is 0 Å². The molecule has 0 aliphatic carbocycles. The van der Waals surface area contributed by atoms with E-state index >= 15 is 0 Å². The Balaban J connectivity index is 2.18. The lowest BCUT2D eigenvalue weighted by molar-refractivity contribution is 0.278. The van der Waals surface area contributed by atoms with Gasteiger partial charge in [0.25, 0.3) is 0 Å². The van der Waals surface area contributed by atoms with Crippen LogP contribution >= 0.6 is 0 Å². The van der Waals surface area contributed by atoms with Crippen LogP contribution < -0.4 is 19.9 Å². The summed E-state index contributed by atoms with van der Waals surface area (Å²) < 4.78 is 16.4. The molecule has 0 fully saturated rings. The molecule has 0 saturated heterocycles. The molecule has 0 aromatic heterocycles. The molecule has 0 amide bonds. The predicted molar refractivity (Wildman–Crippen MR) is 79.5 cm³/mol. The molecule has 4 heteroatoms. The number of benzene rings is 2. The second-order valence-electron chi connectivity index (χ2n) is 4.51. The molecule has 0 saturated carbocycles. The van der Waals surface area contributed by atoms with Crippen molar-refractivity contribution in [2.75, 3.05) is 20.0 Å². The number of nitrogen functional groups attached to an aromatic ring is 1. The molecule has 4 nitrogen and oxygen atoms in total. The summed E-state index contributed by atoms with van der Waals surface area (Å²) in [5.74, 6) is 2.09. The van der Waals surface area contributed by atoms with Gasteiger partial charge in [0.1, 0.15) is 12.4 Å². The van der Waals surface area contributed by atoms with Crippen molar-refractivity contribution in [3.8, 4) is 17.2 Å². The Hall–Kier alpha value is -2.36. The fourth-order valence-corrected chi connectivity index (χ4v) is 1.98. The van der Waals surface area contributed by atoms with Crippen LogP contribution in [0.4, 0.5) is 5.69 Å². The number of ether oxygens (including phenoxy) is 3. The number of hydrogen-bond acceptors (Lipinski definition) is 4. The largest absolute Gasteiger partial charge is 0.496 e. The lowest BCUT2D eigenvalue weighted by atomic mass is 10.1. The Morgan fingerprint density at radius 3 is 2.30 bits per heavy atom. The summed E-state index contributed by atoms with van der Waals surface area (Å²) in [6, 6.07) is 11.3. The van der Waals surface area contributed by atoms with Crippen molar-refractivity contribution < 1.29 is 14.2 Å². The van der Waals surface area contributed by atoms with Crippen LogP contribution in [0.25, 0.3) is 0 Å². The van der Waals surface area contributed by atoms with E-state index in [-0.39, 0.29) is 0 Å². The molecule has 0 aliphatic rings. The molecule has 2 aromatic carbocycles.